The number of halogens is 1. The number of carbonyl (C=O) groups is 1. The molecule has 0 aromatic carbocycles. The lowest BCUT2D eigenvalue weighted by Crippen LogP contribution is -2.59. The van der Waals surface area contributed by atoms with Crippen molar-refractivity contribution in [3.05, 3.63) is 21.6 Å². The van der Waals surface area contributed by atoms with Crippen LogP contribution in [0, 0.1) is 17.3 Å². The first-order valence-corrected chi connectivity index (χ1v) is 11.1. The van der Waals surface area contributed by atoms with Crippen LogP contribution in [-0.2, 0) is 15.1 Å². The predicted octanol–water partition coefficient (Wildman–Crippen LogP) is 3.26. The summed E-state index contributed by atoms with van der Waals surface area (Å²) >= 11 is 6.47. The van der Waals surface area contributed by atoms with E-state index in [1.807, 2.05) is 0 Å². The maximum absolute atomic E-state index is 13.2. The highest BCUT2D eigenvalue weighted by molar-refractivity contribution is 6.32. The van der Waals surface area contributed by atoms with Gasteiger partial charge in [0.15, 0.2) is 0 Å². The summed E-state index contributed by atoms with van der Waals surface area (Å²) in [7, 11) is 0. The van der Waals surface area contributed by atoms with E-state index in [0.29, 0.717) is 30.5 Å². The summed E-state index contributed by atoms with van der Waals surface area (Å²) in [5.74, 6) is 0.204. The fraction of sp³-hybridized carbons (Fsp3) is 0.762. The molecule has 5 aliphatic rings. The van der Waals surface area contributed by atoms with Crippen molar-refractivity contribution in [3.63, 3.8) is 0 Å². The molecule has 1 aromatic heterocycles. The van der Waals surface area contributed by atoms with Crippen molar-refractivity contribution in [1.29, 1.82) is 0 Å². The Morgan fingerprint density at radius 2 is 2.10 bits per heavy atom. The van der Waals surface area contributed by atoms with E-state index in [2.05, 4.69) is 10.4 Å². The van der Waals surface area contributed by atoms with E-state index >= 15 is 0 Å². The number of hydrogen-bond acceptors (Lipinski definition) is 5. The zero-order valence-electron chi connectivity index (χ0n) is 16.5. The zero-order valence-corrected chi connectivity index (χ0v) is 17.3. The fourth-order valence-electron chi connectivity index (χ4n) is 7.10. The molecule has 4 aliphatic carbocycles. The molecule has 8 heteroatoms. The Labute approximate surface area is 174 Å². The van der Waals surface area contributed by atoms with Crippen LogP contribution in [-0.4, -0.2) is 40.1 Å². The van der Waals surface area contributed by atoms with E-state index in [9.17, 15) is 14.7 Å². The lowest BCUT2D eigenvalue weighted by atomic mass is 9.46. The number of anilines is 1. The van der Waals surface area contributed by atoms with Gasteiger partial charge in [-0.3, -0.25) is 9.59 Å². The minimum absolute atomic E-state index is 0.146. The van der Waals surface area contributed by atoms with Gasteiger partial charge in [-0.05, 0) is 68.6 Å². The molecule has 0 radical (unpaired) electrons. The molecule has 158 valence electrons. The molecule has 7 nitrogen and oxygen atoms in total. The van der Waals surface area contributed by atoms with Gasteiger partial charge < -0.3 is 15.2 Å². The molecule has 29 heavy (non-hydrogen) atoms. The number of aromatic nitrogens is 2. The minimum atomic E-state index is -0.742. The molecule has 0 unspecified atom stereocenters. The molecule has 2 N–H and O–H groups in total. The topological polar surface area (TPSA) is 93.4 Å². The molecule has 6 rings (SSSR count). The number of hydrogen-bond donors (Lipinski definition) is 2. The molecule has 4 bridgehead atoms. The molecule has 0 spiro atoms. The number of nitrogens with one attached hydrogen (secondary N) is 1. The molecule has 5 fully saturated rings. The highest BCUT2D eigenvalue weighted by Crippen LogP contribution is 2.65. The molecule has 1 saturated heterocycles. The Bertz CT molecular complexity index is 865. The van der Waals surface area contributed by atoms with Crippen LogP contribution in [0.5, 0.6) is 0 Å². The lowest BCUT2D eigenvalue weighted by molar-refractivity contribution is -0.151. The second-order valence-corrected chi connectivity index (χ2v) is 10.2. The SMILES string of the molecule is O=C(O)CC12C[C@@H]3C[C@@H](C1)CC(n1ncc(NC[C@@H]4CCCO4)c(Cl)c1=O)(C3)C2. The zero-order chi connectivity index (χ0) is 20.2. The predicted molar refractivity (Wildman–Crippen MR) is 108 cm³/mol. The first-order chi connectivity index (χ1) is 13.9. The Hall–Kier alpha value is -1.60. The second-order valence-electron chi connectivity index (χ2n) is 9.86. The van der Waals surface area contributed by atoms with Crippen molar-refractivity contribution in [2.24, 2.45) is 17.3 Å². The standard InChI is InChI=1S/C21H28ClN3O4/c22-18-16(23-10-15-2-1-3-29-15)11-24-25(19(18)28)21-7-13-4-14(8-21)6-20(5-13,12-21)9-17(26)27/h11,13-15,23H,1-10,12H2,(H,26,27)/t13-,14-,15-,20?,21?/m0/s1. The smallest absolute Gasteiger partial charge is 0.303 e. The third kappa shape index (κ3) is 3.36. The number of carboxylic acids is 1. The Morgan fingerprint density at radius 3 is 2.76 bits per heavy atom. The molecular weight excluding hydrogens is 394 g/mol. The van der Waals surface area contributed by atoms with Gasteiger partial charge in [-0.25, -0.2) is 4.68 Å². The molecule has 3 atom stereocenters. The second kappa shape index (κ2) is 6.98. The third-order valence-corrected chi connectivity index (χ3v) is 7.96. The van der Waals surface area contributed by atoms with E-state index < -0.39 is 11.5 Å². The summed E-state index contributed by atoms with van der Waals surface area (Å²) in [4.78, 5) is 24.8. The maximum atomic E-state index is 13.2. The number of aliphatic carboxylic acids is 1. The van der Waals surface area contributed by atoms with Gasteiger partial charge in [0, 0.05) is 13.2 Å². The van der Waals surface area contributed by atoms with Crippen LogP contribution in [0.3, 0.4) is 0 Å². The third-order valence-electron chi connectivity index (χ3n) is 7.59. The van der Waals surface area contributed by atoms with Crippen molar-refractivity contribution in [1.82, 2.24) is 9.78 Å². The van der Waals surface area contributed by atoms with Crippen molar-refractivity contribution in [2.45, 2.75) is 69.4 Å². The number of ether oxygens (including phenoxy) is 1. The normalized spacial score (nSPS) is 37.8. The minimum Gasteiger partial charge on any atom is -0.481 e. The van der Waals surface area contributed by atoms with Crippen molar-refractivity contribution >= 4 is 23.3 Å². The largest absolute Gasteiger partial charge is 0.481 e. The first-order valence-electron chi connectivity index (χ1n) is 10.7. The number of nitrogens with zero attached hydrogens (tertiary/aromatic N) is 2. The average molecular weight is 422 g/mol. The molecule has 1 aliphatic heterocycles. The molecule has 4 saturated carbocycles. The van der Waals surface area contributed by atoms with Gasteiger partial charge in [-0.15, -0.1) is 0 Å². The molecule has 2 heterocycles. The van der Waals surface area contributed by atoms with E-state index in [-0.39, 0.29) is 28.5 Å². The first kappa shape index (κ1) is 19.4. The van der Waals surface area contributed by atoms with E-state index in [1.165, 1.54) is 0 Å². The Balaban J connectivity index is 1.43. The van der Waals surface area contributed by atoms with Crippen LogP contribution in [0.1, 0.15) is 57.8 Å². The van der Waals surface area contributed by atoms with Gasteiger partial charge >= 0.3 is 5.97 Å². The van der Waals surface area contributed by atoms with E-state index in [1.54, 1.807) is 10.9 Å². The summed E-state index contributed by atoms with van der Waals surface area (Å²) in [5, 5.41) is 17.4. The number of carboxylic acid groups (broad SMARTS) is 1. The summed E-state index contributed by atoms with van der Waals surface area (Å²) in [6.07, 6.45) is 9.63. The van der Waals surface area contributed by atoms with Gasteiger partial charge in [0.25, 0.3) is 5.56 Å². The van der Waals surface area contributed by atoms with Crippen LogP contribution < -0.4 is 10.9 Å². The number of rotatable bonds is 6. The van der Waals surface area contributed by atoms with Gasteiger partial charge in [0.05, 0.1) is 29.9 Å². The molecule has 0 amide bonds. The van der Waals surface area contributed by atoms with Gasteiger partial charge in [-0.1, -0.05) is 11.6 Å². The summed E-state index contributed by atoms with van der Waals surface area (Å²) in [6, 6.07) is 0. The highest BCUT2D eigenvalue weighted by atomic mass is 35.5. The lowest BCUT2D eigenvalue weighted by Gasteiger charge is -2.61. The summed E-state index contributed by atoms with van der Waals surface area (Å²) < 4.78 is 7.22. The van der Waals surface area contributed by atoms with E-state index in [4.69, 9.17) is 16.3 Å². The maximum Gasteiger partial charge on any atom is 0.303 e. The van der Waals surface area contributed by atoms with E-state index in [0.717, 1.165) is 51.6 Å². The van der Waals surface area contributed by atoms with Crippen molar-refractivity contribution < 1.29 is 14.6 Å². The monoisotopic (exact) mass is 421 g/mol. The molecule has 1 aromatic rings. The molecular formula is C21H28ClN3O4. The van der Waals surface area contributed by atoms with Crippen LogP contribution in [0.15, 0.2) is 11.0 Å². The van der Waals surface area contributed by atoms with Crippen LogP contribution in [0.2, 0.25) is 5.02 Å². The quantitative estimate of drug-likeness (QED) is 0.732. The average Bonchev–Trinajstić information content (AvgIpc) is 3.14. The van der Waals surface area contributed by atoms with Gasteiger partial charge in [0.2, 0.25) is 0 Å². The van der Waals surface area contributed by atoms with Crippen LogP contribution >= 0.6 is 11.6 Å². The Kier molecular flexibility index (Phi) is 4.66. The van der Waals surface area contributed by atoms with Crippen molar-refractivity contribution in [2.75, 3.05) is 18.5 Å². The Morgan fingerprint density at radius 1 is 1.34 bits per heavy atom. The van der Waals surface area contributed by atoms with Crippen LogP contribution in [0.4, 0.5) is 5.69 Å². The summed E-state index contributed by atoms with van der Waals surface area (Å²) in [6.45, 7) is 1.39. The van der Waals surface area contributed by atoms with Crippen LogP contribution in [0.25, 0.3) is 0 Å². The fourth-order valence-corrected chi connectivity index (χ4v) is 7.30. The summed E-state index contributed by atoms with van der Waals surface area (Å²) in [5.41, 5.74) is -0.321. The van der Waals surface area contributed by atoms with Gasteiger partial charge in [0.1, 0.15) is 5.02 Å². The van der Waals surface area contributed by atoms with Gasteiger partial charge in [-0.2, -0.15) is 5.10 Å². The van der Waals surface area contributed by atoms with Crippen molar-refractivity contribution in [3.8, 4) is 0 Å². The highest BCUT2D eigenvalue weighted by Gasteiger charge is 2.59.